The first-order chi connectivity index (χ1) is 8.74. The number of halogens is 1. The van der Waals surface area contributed by atoms with E-state index in [4.69, 9.17) is 17.3 Å². The summed E-state index contributed by atoms with van der Waals surface area (Å²) in [6, 6.07) is 3.61. The standard InChI is InChI=1S/C11H14ClN5S/c1-2-17-10(6-13)15-16-11(17)18-7-9-5-8(12)3-4-14-9/h3-5H,2,6-7,13H2,1H3. The fourth-order valence-corrected chi connectivity index (χ4v) is 2.67. The molecule has 0 aliphatic carbocycles. The molecule has 7 heteroatoms. The molecular formula is C11H14ClN5S. The van der Waals surface area contributed by atoms with Crippen LogP contribution in [-0.4, -0.2) is 19.7 Å². The molecule has 0 spiro atoms. The van der Waals surface area contributed by atoms with Gasteiger partial charge in [-0.05, 0) is 19.1 Å². The van der Waals surface area contributed by atoms with Gasteiger partial charge in [0.15, 0.2) is 5.16 Å². The minimum absolute atomic E-state index is 0.400. The zero-order valence-corrected chi connectivity index (χ0v) is 11.6. The van der Waals surface area contributed by atoms with Crippen LogP contribution in [-0.2, 0) is 18.8 Å². The quantitative estimate of drug-likeness (QED) is 0.851. The van der Waals surface area contributed by atoms with E-state index in [1.165, 1.54) is 0 Å². The summed E-state index contributed by atoms with van der Waals surface area (Å²) in [5.41, 5.74) is 6.53. The third kappa shape index (κ3) is 3.01. The monoisotopic (exact) mass is 283 g/mol. The first-order valence-electron chi connectivity index (χ1n) is 5.60. The summed E-state index contributed by atoms with van der Waals surface area (Å²) in [6.45, 7) is 3.26. The molecule has 0 aliphatic rings. The van der Waals surface area contributed by atoms with Crippen LogP contribution in [0.4, 0.5) is 0 Å². The molecule has 2 aromatic heterocycles. The van der Waals surface area contributed by atoms with Crippen molar-refractivity contribution in [1.29, 1.82) is 0 Å². The van der Waals surface area contributed by atoms with E-state index in [2.05, 4.69) is 15.2 Å². The van der Waals surface area contributed by atoms with E-state index in [1.807, 2.05) is 17.6 Å². The second kappa shape index (κ2) is 6.17. The molecule has 0 amide bonds. The smallest absolute Gasteiger partial charge is 0.191 e. The van der Waals surface area contributed by atoms with Gasteiger partial charge in [-0.15, -0.1) is 10.2 Å². The second-order valence-corrected chi connectivity index (χ2v) is 4.98. The molecule has 0 radical (unpaired) electrons. The van der Waals surface area contributed by atoms with Crippen molar-refractivity contribution in [2.24, 2.45) is 5.73 Å². The lowest BCUT2D eigenvalue weighted by Gasteiger charge is -2.05. The zero-order chi connectivity index (χ0) is 13.0. The van der Waals surface area contributed by atoms with E-state index in [0.717, 1.165) is 23.2 Å². The number of hydrogen-bond acceptors (Lipinski definition) is 5. The van der Waals surface area contributed by atoms with Crippen LogP contribution in [0.3, 0.4) is 0 Å². The van der Waals surface area contributed by atoms with Crippen LogP contribution < -0.4 is 5.73 Å². The highest BCUT2D eigenvalue weighted by molar-refractivity contribution is 7.98. The molecule has 0 saturated heterocycles. The molecule has 0 saturated carbocycles. The summed E-state index contributed by atoms with van der Waals surface area (Å²) >= 11 is 7.50. The lowest BCUT2D eigenvalue weighted by molar-refractivity contribution is 0.643. The molecule has 2 aromatic rings. The van der Waals surface area contributed by atoms with Crippen molar-refractivity contribution in [2.75, 3.05) is 0 Å². The Kier molecular flexibility index (Phi) is 4.57. The van der Waals surface area contributed by atoms with Gasteiger partial charge in [-0.1, -0.05) is 23.4 Å². The molecule has 0 atom stereocenters. The van der Waals surface area contributed by atoms with Gasteiger partial charge >= 0.3 is 0 Å². The normalized spacial score (nSPS) is 10.8. The van der Waals surface area contributed by atoms with Gasteiger partial charge in [0.2, 0.25) is 0 Å². The van der Waals surface area contributed by atoms with Gasteiger partial charge in [-0.25, -0.2) is 0 Å². The molecule has 5 nitrogen and oxygen atoms in total. The van der Waals surface area contributed by atoms with Gasteiger partial charge in [0.05, 0.1) is 12.2 Å². The molecule has 0 aliphatic heterocycles. The predicted octanol–water partition coefficient (Wildman–Crippen LogP) is 2.10. The van der Waals surface area contributed by atoms with Crippen molar-refractivity contribution in [1.82, 2.24) is 19.7 Å². The third-order valence-corrected chi connectivity index (χ3v) is 3.66. The predicted molar refractivity (Wildman–Crippen MR) is 72.4 cm³/mol. The molecule has 2 N–H and O–H groups in total. The Hall–Kier alpha value is -1.11. The van der Waals surface area contributed by atoms with E-state index in [9.17, 15) is 0 Å². The summed E-state index contributed by atoms with van der Waals surface area (Å²) in [5.74, 6) is 1.52. The van der Waals surface area contributed by atoms with Gasteiger partial charge in [-0.2, -0.15) is 0 Å². The van der Waals surface area contributed by atoms with E-state index in [0.29, 0.717) is 17.3 Å². The van der Waals surface area contributed by atoms with Crippen LogP contribution in [0, 0.1) is 0 Å². The average molecular weight is 284 g/mol. The van der Waals surface area contributed by atoms with Crippen LogP contribution >= 0.6 is 23.4 Å². The van der Waals surface area contributed by atoms with Crippen molar-refractivity contribution in [3.05, 3.63) is 34.9 Å². The first kappa shape index (κ1) is 13.3. The molecule has 96 valence electrons. The Bertz CT molecular complexity index is 528. The number of aromatic nitrogens is 4. The summed E-state index contributed by atoms with van der Waals surface area (Å²) < 4.78 is 2.01. The molecule has 2 heterocycles. The molecule has 0 fully saturated rings. The molecular weight excluding hydrogens is 270 g/mol. The molecule has 0 aromatic carbocycles. The van der Waals surface area contributed by atoms with Crippen molar-refractivity contribution in [2.45, 2.75) is 30.9 Å². The second-order valence-electron chi connectivity index (χ2n) is 3.60. The van der Waals surface area contributed by atoms with E-state index in [1.54, 1.807) is 24.0 Å². The van der Waals surface area contributed by atoms with Gasteiger partial charge in [-0.3, -0.25) is 4.98 Å². The van der Waals surface area contributed by atoms with Gasteiger partial charge in [0.25, 0.3) is 0 Å². The molecule has 0 unspecified atom stereocenters. The van der Waals surface area contributed by atoms with Gasteiger partial charge in [0, 0.05) is 23.5 Å². The highest BCUT2D eigenvalue weighted by Crippen LogP contribution is 2.22. The molecule has 2 rings (SSSR count). The number of pyridine rings is 1. The van der Waals surface area contributed by atoms with Gasteiger partial charge in [0.1, 0.15) is 5.82 Å². The van der Waals surface area contributed by atoms with E-state index < -0.39 is 0 Å². The Balaban J connectivity index is 2.08. The highest BCUT2D eigenvalue weighted by atomic mass is 35.5. The lowest BCUT2D eigenvalue weighted by Crippen LogP contribution is -2.08. The first-order valence-corrected chi connectivity index (χ1v) is 6.96. The van der Waals surface area contributed by atoms with Crippen LogP contribution in [0.2, 0.25) is 5.02 Å². The van der Waals surface area contributed by atoms with Crippen molar-refractivity contribution >= 4 is 23.4 Å². The Morgan fingerprint density at radius 1 is 1.44 bits per heavy atom. The molecule has 18 heavy (non-hydrogen) atoms. The fraction of sp³-hybridized carbons (Fsp3) is 0.364. The summed E-state index contributed by atoms with van der Waals surface area (Å²) in [5, 5.41) is 9.74. The number of thioether (sulfide) groups is 1. The maximum absolute atomic E-state index is 5.91. The van der Waals surface area contributed by atoms with Crippen molar-refractivity contribution in [3.8, 4) is 0 Å². The number of nitrogens with zero attached hydrogens (tertiary/aromatic N) is 4. The Morgan fingerprint density at radius 3 is 2.94 bits per heavy atom. The summed E-state index contributed by atoms with van der Waals surface area (Å²) in [6.07, 6.45) is 1.70. The Morgan fingerprint density at radius 2 is 2.28 bits per heavy atom. The zero-order valence-electron chi connectivity index (χ0n) is 10.0. The number of rotatable bonds is 5. The summed E-state index contributed by atoms with van der Waals surface area (Å²) in [4.78, 5) is 4.25. The van der Waals surface area contributed by atoms with Crippen LogP contribution in [0.1, 0.15) is 18.4 Å². The minimum Gasteiger partial charge on any atom is -0.324 e. The Labute approximate surface area is 115 Å². The van der Waals surface area contributed by atoms with Crippen LogP contribution in [0.25, 0.3) is 0 Å². The van der Waals surface area contributed by atoms with Crippen LogP contribution in [0.5, 0.6) is 0 Å². The van der Waals surface area contributed by atoms with E-state index in [-0.39, 0.29) is 0 Å². The van der Waals surface area contributed by atoms with Crippen molar-refractivity contribution < 1.29 is 0 Å². The SMILES string of the molecule is CCn1c(CN)nnc1SCc1cc(Cl)ccn1. The summed E-state index contributed by atoms with van der Waals surface area (Å²) in [7, 11) is 0. The third-order valence-electron chi connectivity index (χ3n) is 2.42. The fourth-order valence-electron chi connectivity index (χ4n) is 1.56. The minimum atomic E-state index is 0.400. The number of nitrogens with two attached hydrogens (primary N) is 1. The van der Waals surface area contributed by atoms with E-state index >= 15 is 0 Å². The molecule has 0 bridgehead atoms. The topological polar surface area (TPSA) is 69.6 Å². The average Bonchev–Trinajstić information content (AvgIpc) is 2.78. The van der Waals surface area contributed by atoms with Crippen molar-refractivity contribution in [3.63, 3.8) is 0 Å². The maximum Gasteiger partial charge on any atom is 0.191 e. The lowest BCUT2D eigenvalue weighted by atomic mass is 10.4. The largest absolute Gasteiger partial charge is 0.324 e. The van der Waals surface area contributed by atoms with Gasteiger partial charge < -0.3 is 10.3 Å². The van der Waals surface area contributed by atoms with Crippen LogP contribution in [0.15, 0.2) is 23.5 Å². The highest BCUT2D eigenvalue weighted by Gasteiger charge is 2.10. The maximum atomic E-state index is 5.91. The number of hydrogen-bond donors (Lipinski definition) is 1.